The molecule has 0 bridgehead atoms. The summed E-state index contributed by atoms with van der Waals surface area (Å²) >= 11 is 0. The van der Waals surface area contributed by atoms with Crippen molar-refractivity contribution in [1.82, 2.24) is 9.88 Å². The zero-order valence-electron chi connectivity index (χ0n) is 14.8. The molecule has 1 amide bonds. The van der Waals surface area contributed by atoms with Crippen LogP contribution >= 0.6 is 0 Å². The van der Waals surface area contributed by atoms with Crippen molar-refractivity contribution in [3.8, 4) is 0 Å². The molecular weight excluding hydrogens is 334 g/mol. The number of aromatic nitrogens is 1. The maximum absolute atomic E-state index is 13.8. The maximum Gasteiger partial charge on any atom is 0.222 e. The van der Waals surface area contributed by atoms with Crippen molar-refractivity contribution in [2.75, 3.05) is 13.1 Å². The van der Waals surface area contributed by atoms with Gasteiger partial charge in [0.1, 0.15) is 11.6 Å². The average molecular weight is 358 g/mol. The van der Waals surface area contributed by atoms with E-state index in [4.69, 9.17) is 0 Å². The molecule has 1 aromatic heterocycles. The number of pyridine rings is 1. The van der Waals surface area contributed by atoms with Gasteiger partial charge in [-0.1, -0.05) is 6.07 Å². The SMILES string of the molecule is O=C(CCc1ccncc1)N1CCCC(CCc2ccc(F)cc2F)C1. The third kappa shape index (κ3) is 5.10. The van der Waals surface area contributed by atoms with Gasteiger partial charge >= 0.3 is 0 Å². The first-order valence-electron chi connectivity index (χ1n) is 9.22. The van der Waals surface area contributed by atoms with Crippen LogP contribution in [0.4, 0.5) is 8.78 Å². The van der Waals surface area contributed by atoms with Gasteiger partial charge in [0.05, 0.1) is 0 Å². The van der Waals surface area contributed by atoms with E-state index in [1.165, 1.54) is 12.1 Å². The summed E-state index contributed by atoms with van der Waals surface area (Å²) in [5.41, 5.74) is 1.67. The van der Waals surface area contributed by atoms with Gasteiger partial charge in [0.2, 0.25) is 5.91 Å². The van der Waals surface area contributed by atoms with Crippen molar-refractivity contribution in [2.24, 2.45) is 5.92 Å². The number of rotatable bonds is 6. The number of aryl methyl sites for hydroxylation is 2. The molecule has 0 saturated carbocycles. The molecule has 0 spiro atoms. The van der Waals surface area contributed by atoms with Crippen molar-refractivity contribution < 1.29 is 13.6 Å². The first-order valence-corrected chi connectivity index (χ1v) is 9.22. The Bertz CT molecular complexity index is 736. The highest BCUT2D eigenvalue weighted by molar-refractivity contribution is 5.76. The number of hydrogen-bond acceptors (Lipinski definition) is 2. The van der Waals surface area contributed by atoms with Gasteiger partial charge in [-0.3, -0.25) is 9.78 Å². The van der Waals surface area contributed by atoms with Gasteiger partial charge in [-0.2, -0.15) is 0 Å². The first-order chi connectivity index (χ1) is 12.6. The van der Waals surface area contributed by atoms with Gasteiger partial charge in [-0.25, -0.2) is 8.78 Å². The van der Waals surface area contributed by atoms with Gasteiger partial charge in [-0.15, -0.1) is 0 Å². The Morgan fingerprint density at radius 3 is 2.73 bits per heavy atom. The normalized spacial score (nSPS) is 17.3. The lowest BCUT2D eigenvalue weighted by Gasteiger charge is -2.33. The van der Waals surface area contributed by atoms with E-state index in [0.29, 0.717) is 24.3 Å². The van der Waals surface area contributed by atoms with Gasteiger partial charge in [0, 0.05) is 38.0 Å². The Morgan fingerprint density at radius 2 is 1.96 bits per heavy atom. The van der Waals surface area contributed by atoms with Crippen LogP contribution in [0.25, 0.3) is 0 Å². The topological polar surface area (TPSA) is 33.2 Å². The van der Waals surface area contributed by atoms with E-state index in [2.05, 4.69) is 4.98 Å². The van der Waals surface area contributed by atoms with Gasteiger partial charge < -0.3 is 4.90 Å². The lowest BCUT2D eigenvalue weighted by atomic mass is 9.91. The highest BCUT2D eigenvalue weighted by Gasteiger charge is 2.23. The lowest BCUT2D eigenvalue weighted by molar-refractivity contribution is -0.133. The zero-order valence-corrected chi connectivity index (χ0v) is 14.8. The molecule has 3 nitrogen and oxygen atoms in total. The second kappa shape index (κ2) is 8.88. The Kier molecular flexibility index (Phi) is 6.31. The monoisotopic (exact) mass is 358 g/mol. The number of amides is 1. The number of piperidine rings is 1. The Hall–Kier alpha value is -2.30. The Morgan fingerprint density at radius 1 is 1.15 bits per heavy atom. The van der Waals surface area contributed by atoms with Crippen LogP contribution in [0.2, 0.25) is 0 Å². The van der Waals surface area contributed by atoms with Crippen molar-refractivity contribution in [1.29, 1.82) is 0 Å². The van der Waals surface area contributed by atoms with E-state index < -0.39 is 11.6 Å². The molecule has 3 rings (SSSR count). The van der Waals surface area contributed by atoms with E-state index in [-0.39, 0.29) is 5.91 Å². The van der Waals surface area contributed by atoms with Crippen molar-refractivity contribution in [3.05, 3.63) is 65.5 Å². The molecule has 1 unspecified atom stereocenters. The summed E-state index contributed by atoms with van der Waals surface area (Å²) in [6, 6.07) is 7.62. The molecule has 1 saturated heterocycles. The largest absolute Gasteiger partial charge is 0.342 e. The van der Waals surface area contributed by atoms with Crippen LogP contribution in [-0.2, 0) is 17.6 Å². The van der Waals surface area contributed by atoms with E-state index in [1.807, 2.05) is 17.0 Å². The fraction of sp³-hybridized carbons (Fsp3) is 0.429. The van der Waals surface area contributed by atoms with Crippen LogP contribution in [0.15, 0.2) is 42.7 Å². The number of halogens is 2. The molecule has 0 radical (unpaired) electrons. The predicted octanol–water partition coefficient (Wildman–Crippen LogP) is 4.16. The number of carbonyl (C=O) groups is 1. The molecule has 138 valence electrons. The highest BCUT2D eigenvalue weighted by Crippen LogP contribution is 2.23. The molecule has 1 fully saturated rings. The minimum absolute atomic E-state index is 0.180. The third-order valence-corrected chi connectivity index (χ3v) is 5.09. The number of hydrogen-bond donors (Lipinski definition) is 0. The van der Waals surface area contributed by atoms with Crippen LogP contribution < -0.4 is 0 Å². The summed E-state index contributed by atoms with van der Waals surface area (Å²) < 4.78 is 26.8. The molecule has 1 aliphatic heterocycles. The van der Waals surface area contributed by atoms with Gasteiger partial charge in [0.25, 0.3) is 0 Å². The van der Waals surface area contributed by atoms with Crippen LogP contribution in [0.5, 0.6) is 0 Å². The quantitative estimate of drug-likeness (QED) is 0.777. The minimum atomic E-state index is -0.546. The number of nitrogens with zero attached hydrogens (tertiary/aromatic N) is 2. The standard InChI is InChI=1S/C21H24F2N2O/c22-19-7-6-18(20(23)14-19)5-3-17-2-1-13-25(15-17)21(26)8-4-16-9-11-24-12-10-16/h6-7,9-12,14,17H,1-5,8,13,15H2. The Labute approximate surface area is 153 Å². The third-order valence-electron chi connectivity index (χ3n) is 5.09. The van der Waals surface area contributed by atoms with Crippen molar-refractivity contribution in [2.45, 2.75) is 38.5 Å². The minimum Gasteiger partial charge on any atom is -0.342 e. The second-order valence-corrected chi connectivity index (χ2v) is 6.98. The second-order valence-electron chi connectivity index (χ2n) is 6.98. The average Bonchev–Trinajstić information content (AvgIpc) is 2.66. The number of likely N-dealkylation sites (tertiary alicyclic amines) is 1. The molecule has 1 aliphatic rings. The molecule has 2 aromatic rings. The van der Waals surface area contributed by atoms with Gasteiger partial charge in [0.15, 0.2) is 0 Å². The molecule has 2 heterocycles. The Balaban J connectivity index is 1.48. The molecule has 0 N–H and O–H groups in total. The summed E-state index contributed by atoms with van der Waals surface area (Å²) in [6.45, 7) is 1.54. The van der Waals surface area contributed by atoms with Gasteiger partial charge in [-0.05, 0) is 67.3 Å². The summed E-state index contributed by atoms with van der Waals surface area (Å²) in [6.07, 6.45) is 8.14. The summed E-state index contributed by atoms with van der Waals surface area (Å²) in [5.74, 6) is -0.474. The predicted molar refractivity (Wildman–Crippen MR) is 96.5 cm³/mol. The molecule has 0 aliphatic carbocycles. The van der Waals surface area contributed by atoms with Crippen LogP contribution in [-0.4, -0.2) is 28.9 Å². The summed E-state index contributed by atoms with van der Waals surface area (Å²) in [4.78, 5) is 18.4. The molecule has 5 heteroatoms. The van der Waals surface area contributed by atoms with E-state index >= 15 is 0 Å². The first kappa shape index (κ1) is 18.5. The van der Waals surface area contributed by atoms with Crippen molar-refractivity contribution >= 4 is 5.91 Å². The zero-order chi connectivity index (χ0) is 18.4. The lowest BCUT2D eigenvalue weighted by Crippen LogP contribution is -2.40. The number of carbonyl (C=O) groups excluding carboxylic acids is 1. The molecular formula is C21H24F2N2O. The number of benzene rings is 1. The van der Waals surface area contributed by atoms with E-state index in [0.717, 1.165) is 50.4 Å². The van der Waals surface area contributed by atoms with Crippen molar-refractivity contribution in [3.63, 3.8) is 0 Å². The fourth-order valence-electron chi connectivity index (χ4n) is 3.57. The summed E-state index contributed by atoms with van der Waals surface area (Å²) in [5, 5.41) is 0. The van der Waals surface area contributed by atoms with Crippen LogP contribution in [0.3, 0.4) is 0 Å². The summed E-state index contributed by atoms with van der Waals surface area (Å²) in [7, 11) is 0. The smallest absolute Gasteiger partial charge is 0.222 e. The fourth-order valence-corrected chi connectivity index (χ4v) is 3.57. The van der Waals surface area contributed by atoms with Crippen LogP contribution in [0.1, 0.15) is 36.8 Å². The van der Waals surface area contributed by atoms with E-state index in [9.17, 15) is 13.6 Å². The molecule has 1 atom stereocenters. The van der Waals surface area contributed by atoms with E-state index in [1.54, 1.807) is 12.4 Å². The highest BCUT2D eigenvalue weighted by atomic mass is 19.1. The molecule has 26 heavy (non-hydrogen) atoms. The molecule has 1 aromatic carbocycles. The van der Waals surface area contributed by atoms with Crippen LogP contribution in [0, 0.1) is 17.6 Å². The maximum atomic E-state index is 13.8.